The summed E-state index contributed by atoms with van der Waals surface area (Å²) in [5.41, 5.74) is 5.08. The van der Waals surface area contributed by atoms with Gasteiger partial charge in [-0.15, -0.1) is 0 Å². The van der Waals surface area contributed by atoms with Gasteiger partial charge in [0.05, 0.1) is 10.5 Å². The molecule has 0 saturated heterocycles. The molecule has 0 saturated carbocycles. The van der Waals surface area contributed by atoms with Crippen LogP contribution in [0.2, 0.25) is 0 Å². The highest BCUT2D eigenvalue weighted by molar-refractivity contribution is 9.10. The van der Waals surface area contributed by atoms with Gasteiger partial charge in [-0.1, -0.05) is 0 Å². The molecular formula is C9H11BrN2O4S. The first kappa shape index (κ1) is 14.1. The molecule has 94 valence electrons. The topological polar surface area (TPSA) is 109 Å². The van der Waals surface area contributed by atoms with Crippen LogP contribution in [0, 0.1) is 0 Å². The Morgan fingerprint density at radius 2 is 2.12 bits per heavy atom. The second-order valence-electron chi connectivity index (χ2n) is 3.13. The highest BCUT2D eigenvalue weighted by Crippen LogP contribution is 2.20. The largest absolute Gasteiger partial charge is 0.478 e. The molecule has 1 aromatic carbocycles. The van der Waals surface area contributed by atoms with Crippen molar-refractivity contribution in [2.45, 2.75) is 4.90 Å². The van der Waals surface area contributed by atoms with E-state index in [0.717, 1.165) is 6.07 Å². The van der Waals surface area contributed by atoms with Crippen molar-refractivity contribution < 1.29 is 18.3 Å². The van der Waals surface area contributed by atoms with Crippen LogP contribution < -0.4 is 10.5 Å². The number of sulfonamides is 1. The Kier molecular flexibility index (Phi) is 4.63. The van der Waals surface area contributed by atoms with Gasteiger partial charge in [0.1, 0.15) is 0 Å². The first-order valence-corrected chi connectivity index (χ1v) is 6.88. The van der Waals surface area contributed by atoms with Gasteiger partial charge in [0.15, 0.2) is 0 Å². The van der Waals surface area contributed by atoms with Crippen LogP contribution in [0.4, 0.5) is 0 Å². The molecule has 0 atom stereocenters. The first-order valence-electron chi connectivity index (χ1n) is 4.61. The summed E-state index contributed by atoms with van der Waals surface area (Å²) in [5, 5.41) is 8.87. The summed E-state index contributed by atoms with van der Waals surface area (Å²) in [4.78, 5) is 10.7. The molecule has 0 spiro atoms. The number of hydrogen-bond donors (Lipinski definition) is 3. The average molecular weight is 323 g/mol. The lowest BCUT2D eigenvalue weighted by Crippen LogP contribution is -2.29. The van der Waals surface area contributed by atoms with Crippen molar-refractivity contribution in [3.05, 3.63) is 28.2 Å². The number of hydrogen-bond acceptors (Lipinski definition) is 4. The van der Waals surface area contributed by atoms with Gasteiger partial charge in [0.25, 0.3) is 0 Å². The predicted octanol–water partition coefficient (Wildman–Crippen LogP) is 0.384. The van der Waals surface area contributed by atoms with Gasteiger partial charge in [-0.3, -0.25) is 0 Å². The second kappa shape index (κ2) is 5.58. The minimum absolute atomic E-state index is 0.0980. The maximum absolute atomic E-state index is 11.7. The molecule has 0 fully saturated rings. The predicted molar refractivity (Wildman–Crippen MR) is 65.3 cm³/mol. The van der Waals surface area contributed by atoms with Crippen molar-refractivity contribution in [1.82, 2.24) is 4.72 Å². The molecule has 1 rings (SSSR count). The molecule has 0 unspecified atom stereocenters. The minimum Gasteiger partial charge on any atom is -0.478 e. The lowest BCUT2D eigenvalue weighted by molar-refractivity contribution is 0.0695. The second-order valence-corrected chi connectivity index (χ2v) is 5.75. The van der Waals surface area contributed by atoms with Gasteiger partial charge in [-0.25, -0.2) is 17.9 Å². The number of carboxylic acid groups (broad SMARTS) is 1. The van der Waals surface area contributed by atoms with E-state index in [4.69, 9.17) is 10.8 Å². The summed E-state index contributed by atoms with van der Waals surface area (Å²) < 4.78 is 26.0. The van der Waals surface area contributed by atoms with Crippen LogP contribution in [0.25, 0.3) is 0 Å². The van der Waals surface area contributed by atoms with Crippen LogP contribution in [0.3, 0.4) is 0 Å². The van der Waals surface area contributed by atoms with Gasteiger partial charge in [-0.2, -0.15) is 0 Å². The third-order valence-electron chi connectivity index (χ3n) is 1.91. The Morgan fingerprint density at radius 1 is 1.47 bits per heavy atom. The number of benzene rings is 1. The Hall–Kier alpha value is -0.960. The number of nitrogens with two attached hydrogens (primary N) is 1. The Bertz CT molecular complexity index is 530. The smallest absolute Gasteiger partial charge is 0.336 e. The summed E-state index contributed by atoms with van der Waals surface area (Å²) in [6.07, 6.45) is 0. The van der Waals surface area contributed by atoms with Gasteiger partial charge in [-0.05, 0) is 34.1 Å². The molecule has 0 aliphatic rings. The minimum atomic E-state index is -3.71. The van der Waals surface area contributed by atoms with E-state index in [2.05, 4.69) is 20.7 Å². The van der Waals surface area contributed by atoms with E-state index >= 15 is 0 Å². The molecule has 0 heterocycles. The van der Waals surface area contributed by atoms with E-state index < -0.39 is 16.0 Å². The monoisotopic (exact) mass is 322 g/mol. The molecule has 8 heteroatoms. The fourth-order valence-corrected chi connectivity index (χ4v) is 2.60. The number of halogens is 1. The number of aromatic carboxylic acids is 1. The van der Waals surface area contributed by atoms with E-state index in [0.29, 0.717) is 4.47 Å². The highest BCUT2D eigenvalue weighted by Gasteiger charge is 2.17. The van der Waals surface area contributed by atoms with Crippen molar-refractivity contribution in [3.63, 3.8) is 0 Å². The molecule has 0 aromatic heterocycles. The van der Waals surface area contributed by atoms with Crippen molar-refractivity contribution in [3.8, 4) is 0 Å². The van der Waals surface area contributed by atoms with Crippen molar-refractivity contribution in [2.75, 3.05) is 13.1 Å². The standard InChI is InChI=1S/C9H11BrN2O4S/c10-8-2-1-6(5-7(8)9(13)14)17(15,16)12-4-3-11/h1-2,5,12H,3-4,11H2,(H,13,14). The fraction of sp³-hybridized carbons (Fsp3) is 0.222. The van der Waals surface area contributed by atoms with E-state index in [1.165, 1.54) is 12.1 Å². The number of nitrogens with one attached hydrogen (secondary N) is 1. The third kappa shape index (κ3) is 3.50. The maximum Gasteiger partial charge on any atom is 0.336 e. The number of carboxylic acids is 1. The normalized spacial score (nSPS) is 11.4. The van der Waals surface area contributed by atoms with E-state index in [1.807, 2.05) is 0 Å². The zero-order chi connectivity index (χ0) is 13.1. The van der Waals surface area contributed by atoms with Crippen molar-refractivity contribution in [2.24, 2.45) is 5.73 Å². The SMILES string of the molecule is NCCNS(=O)(=O)c1ccc(Br)c(C(=O)O)c1. The van der Waals surface area contributed by atoms with E-state index in [-0.39, 0.29) is 23.5 Å². The zero-order valence-electron chi connectivity index (χ0n) is 8.68. The Labute approximate surface area is 107 Å². The van der Waals surface area contributed by atoms with E-state index in [9.17, 15) is 13.2 Å². The molecule has 6 nitrogen and oxygen atoms in total. The molecule has 0 aliphatic heterocycles. The van der Waals surface area contributed by atoms with Crippen LogP contribution in [-0.2, 0) is 10.0 Å². The molecule has 0 amide bonds. The molecule has 1 aromatic rings. The lowest BCUT2D eigenvalue weighted by Gasteiger charge is -2.07. The molecule has 0 bridgehead atoms. The number of rotatable bonds is 5. The summed E-state index contributed by atoms with van der Waals surface area (Å²) in [6.45, 7) is 0.266. The lowest BCUT2D eigenvalue weighted by atomic mass is 10.2. The van der Waals surface area contributed by atoms with Crippen molar-refractivity contribution in [1.29, 1.82) is 0 Å². The molecule has 0 radical (unpaired) electrons. The van der Waals surface area contributed by atoms with Crippen molar-refractivity contribution >= 4 is 31.9 Å². The van der Waals surface area contributed by atoms with Gasteiger partial charge >= 0.3 is 5.97 Å². The molecular weight excluding hydrogens is 312 g/mol. The average Bonchev–Trinajstić information content (AvgIpc) is 2.26. The molecule has 4 N–H and O–H groups in total. The van der Waals surface area contributed by atoms with Crippen LogP contribution in [0.15, 0.2) is 27.6 Å². The zero-order valence-corrected chi connectivity index (χ0v) is 11.1. The number of carbonyl (C=O) groups is 1. The quantitative estimate of drug-likeness (QED) is 0.726. The van der Waals surface area contributed by atoms with Crippen LogP contribution in [-0.4, -0.2) is 32.6 Å². The first-order chi connectivity index (χ1) is 7.88. The highest BCUT2D eigenvalue weighted by atomic mass is 79.9. The molecule has 17 heavy (non-hydrogen) atoms. The Morgan fingerprint density at radius 3 is 2.65 bits per heavy atom. The van der Waals surface area contributed by atoms with Crippen LogP contribution in [0.5, 0.6) is 0 Å². The van der Waals surface area contributed by atoms with Gasteiger partial charge in [0, 0.05) is 17.6 Å². The summed E-state index contributed by atoms with van der Waals surface area (Å²) >= 11 is 3.03. The fourth-order valence-electron chi connectivity index (χ4n) is 1.11. The third-order valence-corrected chi connectivity index (χ3v) is 4.07. The summed E-state index contributed by atoms with van der Waals surface area (Å²) in [6, 6.07) is 3.78. The molecule has 0 aliphatic carbocycles. The summed E-state index contributed by atoms with van der Waals surface area (Å²) in [7, 11) is -3.71. The Balaban J connectivity index is 3.16. The van der Waals surface area contributed by atoms with Gasteiger partial charge < -0.3 is 10.8 Å². The van der Waals surface area contributed by atoms with Crippen LogP contribution >= 0.6 is 15.9 Å². The maximum atomic E-state index is 11.7. The van der Waals surface area contributed by atoms with Gasteiger partial charge in [0.2, 0.25) is 10.0 Å². The van der Waals surface area contributed by atoms with E-state index in [1.54, 1.807) is 0 Å². The van der Waals surface area contributed by atoms with Crippen LogP contribution in [0.1, 0.15) is 10.4 Å². The summed E-state index contributed by atoms with van der Waals surface area (Å²) in [5.74, 6) is -1.20.